The Labute approximate surface area is 76.7 Å². The lowest BCUT2D eigenvalue weighted by Crippen LogP contribution is -2.58. The summed E-state index contributed by atoms with van der Waals surface area (Å²) in [5.41, 5.74) is 0. The van der Waals surface area contributed by atoms with E-state index in [-0.39, 0.29) is 18.2 Å². The Morgan fingerprint density at radius 1 is 1.54 bits per heavy atom. The number of amides is 2. The highest BCUT2D eigenvalue weighted by Crippen LogP contribution is 2.09. The van der Waals surface area contributed by atoms with Gasteiger partial charge >= 0.3 is 6.03 Å². The van der Waals surface area contributed by atoms with Crippen molar-refractivity contribution in [3.63, 3.8) is 0 Å². The largest absolute Gasteiger partial charge is 0.389 e. The molecule has 2 aliphatic rings. The number of aliphatic hydroxyl groups is 1. The van der Waals surface area contributed by atoms with Crippen LogP contribution in [0.1, 0.15) is 6.42 Å². The van der Waals surface area contributed by atoms with Gasteiger partial charge in [0, 0.05) is 6.61 Å². The fraction of sp³-hybridized carbons (Fsp3) is 0.875. The van der Waals surface area contributed by atoms with Crippen molar-refractivity contribution in [2.45, 2.75) is 18.6 Å². The molecule has 2 aliphatic heterocycles. The second kappa shape index (κ2) is 3.51. The summed E-state index contributed by atoms with van der Waals surface area (Å²) in [7, 11) is 0. The SMILES string of the molecule is O=C(NC1CCOC1)N1CC(O)C1. The average Bonchev–Trinajstić information content (AvgIpc) is 2.51. The van der Waals surface area contributed by atoms with Gasteiger partial charge < -0.3 is 20.1 Å². The first-order valence-corrected chi connectivity index (χ1v) is 4.57. The van der Waals surface area contributed by atoms with Crippen LogP contribution in [0, 0.1) is 0 Å². The molecule has 5 nitrogen and oxygen atoms in total. The highest BCUT2D eigenvalue weighted by Gasteiger charge is 2.30. The van der Waals surface area contributed by atoms with Crippen molar-refractivity contribution in [2.24, 2.45) is 0 Å². The molecule has 1 unspecified atom stereocenters. The maximum absolute atomic E-state index is 11.4. The van der Waals surface area contributed by atoms with E-state index in [1.54, 1.807) is 4.90 Å². The molecule has 0 saturated carbocycles. The molecule has 0 aliphatic carbocycles. The van der Waals surface area contributed by atoms with Gasteiger partial charge in [-0.1, -0.05) is 0 Å². The molecule has 0 aromatic carbocycles. The summed E-state index contributed by atoms with van der Waals surface area (Å²) < 4.78 is 5.13. The Kier molecular flexibility index (Phi) is 2.37. The molecule has 2 fully saturated rings. The first-order valence-electron chi connectivity index (χ1n) is 4.57. The van der Waals surface area contributed by atoms with Gasteiger partial charge in [-0.05, 0) is 6.42 Å². The minimum absolute atomic E-state index is 0.0826. The fourth-order valence-electron chi connectivity index (χ4n) is 1.54. The molecule has 13 heavy (non-hydrogen) atoms. The molecule has 0 bridgehead atoms. The topological polar surface area (TPSA) is 61.8 Å². The van der Waals surface area contributed by atoms with Crippen molar-refractivity contribution in [1.82, 2.24) is 10.2 Å². The molecule has 0 radical (unpaired) electrons. The summed E-state index contributed by atoms with van der Waals surface area (Å²) in [5, 5.41) is 11.8. The van der Waals surface area contributed by atoms with Gasteiger partial charge in [0.2, 0.25) is 0 Å². The minimum Gasteiger partial charge on any atom is -0.389 e. The van der Waals surface area contributed by atoms with E-state index in [0.29, 0.717) is 19.7 Å². The molecule has 0 aromatic rings. The van der Waals surface area contributed by atoms with Gasteiger partial charge in [0.15, 0.2) is 0 Å². The normalized spacial score (nSPS) is 28.7. The number of aliphatic hydroxyl groups excluding tert-OH is 1. The predicted molar refractivity (Wildman–Crippen MR) is 45.3 cm³/mol. The van der Waals surface area contributed by atoms with Crippen LogP contribution in [0.25, 0.3) is 0 Å². The minimum atomic E-state index is -0.328. The number of rotatable bonds is 1. The molecular formula is C8H14N2O3. The molecule has 1 atom stereocenters. The number of hydrogen-bond acceptors (Lipinski definition) is 3. The van der Waals surface area contributed by atoms with E-state index in [1.165, 1.54) is 0 Å². The number of urea groups is 1. The molecule has 2 heterocycles. The van der Waals surface area contributed by atoms with E-state index >= 15 is 0 Å². The zero-order valence-corrected chi connectivity index (χ0v) is 7.40. The molecule has 2 amide bonds. The number of nitrogens with zero attached hydrogens (tertiary/aromatic N) is 1. The van der Waals surface area contributed by atoms with Crippen LogP contribution in [-0.4, -0.2) is 54.5 Å². The zero-order chi connectivity index (χ0) is 9.26. The van der Waals surface area contributed by atoms with Gasteiger partial charge in [0.05, 0.1) is 31.8 Å². The average molecular weight is 186 g/mol. The van der Waals surface area contributed by atoms with E-state index in [2.05, 4.69) is 5.32 Å². The maximum Gasteiger partial charge on any atom is 0.317 e. The zero-order valence-electron chi connectivity index (χ0n) is 7.40. The van der Waals surface area contributed by atoms with E-state index in [0.717, 1.165) is 13.0 Å². The van der Waals surface area contributed by atoms with Gasteiger partial charge in [-0.3, -0.25) is 0 Å². The van der Waals surface area contributed by atoms with Crippen LogP contribution in [0.15, 0.2) is 0 Å². The lowest BCUT2D eigenvalue weighted by molar-refractivity contribution is 0.0256. The van der Waals surface area contributed by atoms with Crippen LogP contribution in [-0.2, 0) is 4.74 Å². The Balaban J connectivity index is 1.72. The molecule has 2 saturated heterocycles. The van der Waals surface area contributed by atoms with Crippen molar-refractivity contribution < 1.29 is 14.6 Å². The summed E-state index contributed by atoms with van der Waals surface area (Å²) in [5.74, 6) is 0. The van der Waals surface area contributed by atoms with E-state index in [4.69, 9.17) is 9.84 Å². The Morgan fingerprint density at radius 3 is 2.85 bits per heavy atom. The lowest BCUT2D eigenvalue weighted by Gasteiger charge is -2.36. The lowest BCUT2D eigenvalue weighted by atomic mass is 10.2. The molecule has 74 valence electrons. The standard InChI is InChI=1S/C8H14N2O3/c11-7-3-10(4-7)8(12)9-6-1-2-13-5-6/h6-7,11H,1-5H2,(H,9,12). The monoisotopic (exact) mass is 186 g/mol. The summed E-state index contributed by atoms with van der Waals surface area (Å²) in [6.07, 6.45) is 0.563. The van der Waals surface area contributed by atoms with Crippen LogP contribution in [0.4, 0.5) is 4.79 Å². The van der Waals surface area contributed by atoms with E-state index < -0.39 is 0 Å². The van der Waals surface area contributed by atoms with Crippen LogP contribution in [0.3, 0.4) is 0 Å². The second-order valence-corrected chi connectivity index (χ2v) is 3.57. The van der Waals surface area contributed by atoms with Crippen molar-refractivity contribution in [3.8, 4) is 0 Å². The molecule has 5 heteroatoms. The summed E-state index contributed by atoms with van der Waals surface area (Å²) in [4.78, 5) is 13.0. The van der Waals surface area contributed by atoms with E-state index in [1.807, 2.05) is 0 Å². The van der Waals surface area contributed by atoms with Crippen molar-refractivity contribution >= 4 is 6.03 Å². The van der Waals surface area contributed by atoms with Crippen LogP contribution in [0.2, 0.25) is 0 Å². The van der Waals surface area contributed by atoms with Gasteiger partial charge in [0.1, 0.15) is 0 Å². The Hall–Kier alpha value is -0.810. The molecule has 2 rings (SSSR count). The number of β-amino-alcohol motifs (C(OH)–C–C–N with tert-alkyl or cyclic N) is 1. The number of ether oxygens (including phenoxy) is 1. The summed E-state index contributed by atoms with van der Waals surface area (Å²) >= 11 is 0. The number of nitrogens with one attached hydrogen (secondary N) is 1. The quantitative estimate of drug-likeness (QED) is 0.561. The smallest absolute Gasteiger partial charge is 0.317 e. The number of carbonyl (C=O) groups is 1. The Bertz CT molecular complexity index is 198. The third kappa shape index (κ3) is 1.92. The molecule has 0 aromatic heterocycles. The third-order valence-electron chi connectivity index (χ3n) is 2.41. The predicted octanol–water partition coefficient (Wildman–Crippen LogP) is -0.839. The highest BCUT2D eigenvalue weighted by molar-refractivity contribution is 5.75. The Morgan fingerprint density at radius 2 is 2.31 bits per heavy atom. The van der Waals surface area contributed by atoms with Crippen LogP contribution in [0.5, 0.6) is 0 Å². The van der Waals surface area contributed by atoms with Gasteiger partial charge in [-0.2, -0.15) is 0 Å². The van der Waals surface area contributed by atoms with Crippen LogP contribution < -0.4 is 5.32 Å². The first-order chi connectivity index (χ1) is 6.25. The summed E-state index contributed by atoms with van der Waals surface area (Å²) in [6.45, 7) is 2.26. The third-order valence-corrected chi connectivity index (χ3v) is 2.41. The van der Waals surface area contributed by atoms with Gasteiger partial charge in [-0.15, -0.1) is 0 Å². The fourth-order valence-corrected chi connectivity index (χ4v) is 1.54. The molecular weight excluding hydrogens is 172 g/mol. The van der Waals surface area contributed by atoms with Crippen molar-refractivity contribution in [2.75, 3.05) is 26.3 Å². The van der Waals surface area contributed by atoms with Crippen molar-refractivity contribution in [1.29, 1.82) is 0 Å². The molecule has 2 N–H and O–H groups in total. The number of likely N-dealkylation sites (tertiary alicyclic amines) is 1. The summed E-state index contributed by atoms with van der Waals surface area (Å²) in [6, 6.07) is 0.0750. The van der Waals surface area contributed by atoms with Gasteiger partial charge in [-0.25, -0.2) is 4.79 Å². The van der Waals surface area contributed by atoms with Crippen molar-refractivity contribution in [3.05, 3.63) is 0 Å². The van der Waals surface area contributed by atoms with Crippen LogP contribution >= 0.6 is 0 Å². The molecule has 0 spiro atoms. The highest BCUT2D eigenvalue weighted by atomic mass is 16.5. The van der Waals surface area contributed by atoms with Gasteiger partial charge in [0.25, 0.3) is 0 Å². The second-order valence-electron chi connectivity index (χ2n) is 3.57. The van der Waals surface area contributed by atoms with E-state index in [9.17, 15) is 4.79 Å². The number of hydrogen-bond donors (Lipinski definition) is 2. The maximum atomic E-state index is 11.4. The first kappa shape index (κ1) is 8.77. The number of carbonyl (C=O) groups excluding carboxylic acids is 1.